The van der Waals surface area contributed by atoms with Crippen molar-refractivity contribution in [1.29, 1.82) is 0 Å². The number of rotatable bonds is 3. The van der Waals surface area contributed by atoms with Crippen LogP contribution in [0.1, 0.15) is 16.1 Å². The van der Waals surface area contributed by atoms with Crippen molar-refractivity contribution in [1.82, 2.24) is 4.98 Å². The number of aromatic nitrogens is 1. The van der Waals surface area contributed by atoms with Crippen molar-refractivity contribution in [2.45, 2.75) is 6.42 Å². The van der Waals surface area contributed by atoms with Crippen molar-refractivity contribution >= 4 is 17.6 Å². The lowest BCUT2D eigenvalue weighted by Gasteiger charge is -2.01. The molecule has 0 aliphatic carbocycles. The van der Waals surface area contributed by atoms with Gasteiger partial charge >= 0.3 is 5.97 Å². The zero-order chi connectivity index (χ0) is 9.84. The van der Waals surface area contributed by atoms with Gasteiger partial charge in [-0.2, -0.15) is 0 Å². The van der Waals surface area contributed by atoms with Gasteiger partial charge < -0.3 is 10.8 Å². The summed E-state index contributed by atoms with van der Waals surface area (Å²) in [6.45, 7) is 0.444. The fourth-order valence-electron chi connectivity index (χ4n) is 0.904. The van der Waals surface area contributed by atoms with Crippen molar-refractivity contribution < 1.29 is 9.90 Å². The molecule has 1 heterocycles. The number of halogens is 1. The third-order valence-electron chi connectivity index (χ3n) is 1.55. The van der Waals surface area contributed by atoms with Crippen molar-refractivity contribution in [2.75, 3.05) is 6.54 Å². The smallest absolute Gasteiger partial charge is 0.337 e. The Morgan fingerprint density at radius 2 is 2.38 bits per heavy atom. The van der Waals surface area contributed by atoms with E-state index in [0.29, 0.717) is 23.7 Å². The number of aromatic carboxylic acids is 1. The summed E-state index contributed by atoms with van der Waals surface area (Å²) in [7, 11) is 0. The fraction of sp³-hybridized carbons (Fsp3) is 0.250. The molecule has 0 aliphatic heterocycles. The first-order chi connectivity index (χ1) is 6.15. The van der Waals surface area contributed by atoms with E-state index < -0.39 is 5.97 Å². The molecule has 0 radical (unpaired) electrons. The van der Waals surface area contributed by atoms with Gasteiger partial charge in [0.05, 0.1) is 16.3 Å². The maximum Gasteiger partial charge on any atom is 0.337 e. The number of hydrogen-bond acceptors (Lipinski definition) is 3. The average molecular weight is 201 g/mol. The fourth-order valence-corrected chi connectivity index (χ4v) is 1.16. The van der Waals surface area contributed by atoms with Crippen LogP contribution in [0.2, 0.25) is 5.02 Å². The van der Waals surface area contributed by atoms with E-state index in [2.05, 4.69) is 4.98 Å². The van der Waals surface area contributed by atoms with Gasteiger partial charge in [-0.1, -0.05) is 11.6 Å². The Bertz CT molecular complexity index is 328. The Kier molecular flexibility index (Phi) is 3.22. The molecule has 0 saturated carbocycles. The van der Waals surface area contributed by atoms with Gasteiger partial charge in [-0.25, -0.2) is 4.79 Å². The van der Waals surface area contributed by atoms with E-state index in [4.69, 9.17) is 22.4 Å². The van der Waals surface area contributed by atoms with Crippen LogP contribution in [0.15, 0.2) is 12.3 Å². The van der Waals surface area contributed by atoms with Gasteiger partial charge in [0.1, 0.15) is 0 Å². The first-order valence-corrected chi connectivity index (χ1v) is 4.10. The molecule has 4 nitrogen and oxygen atoms in total. The van der Waals surface area contributed by atoms with Crippen LogP contribution in [-0.2, 0) is 6.42 Å². The monoisotopic (exact) mass is 200 g/mol. The van der Waals surface area contributed by atoms with Crippen LogP contribution in [0, 0.1) is 0 Å². The Labute approximate surface area is 80.3 Å². The van der Waals surface area contributed by atoms with Crippen LogP contribution < -0.4 is 5.73 Å². The highest BCUT2D eigenvalue weighted by Crippen LogP contribution is 2.15. The summed E-state index contributed by atoms with van der Waals surface area (Å²) in [6.07, 6.45) is 1.83. The molecule has 1 aromatic heterocycles. The third-order valence-corrected chi connectivity index (χ3v) is 1.87. The molecule has 0 unspecified atom stereocenters. The second kappa shape index (κ2) is 4.20. The minimum absolute atomic E-state index is 0.0887. The number of carboxylic acid groups (broad SMARTS) is 1. The van der Waals surface area contributed by atoms with E-state index in [1.807, 2.05) is 0 Å². The van der Waals surface area contributed by atoms with Crippen molar-refractivity contribution in [2.24, 2.45) is 5.73 Å². The van der Waals surface area contributed by atoms with Crippen molar-refractivity contribution in [3.05, 3.63) is 28.5 Å². The normalized spacial score (nSPS) is 10.0. The zero-order valence-electron chi connectivity index (χ0n) is 6.83. The van der Waals surface area contributed by atoms with Gasteiger partial charge in [-0.3, -0.25) is 4.98 Å². The number of hydrogen-bond donors (Lipinski definition) is 2. The van der Waals surface area contributed by atoms with Crippen LogP contribution in [0.5, 0.6) is 0 Å². The molecule has 0 bridgehead atoms. The molecular formula is C8H9ClN2O2. The lowest BCUT2D eigenvalue weighted by atomic mass is 10.2. The lowest BCUT2D eigenvalue weighted by molar-refractivity contribution is 0.0696. The van der Waals surface area contributed by atoms with Crippen LogP contribution in [-0.4, -0.2) is 22.6 Å². The quantitative estimate of drug-likeness (QED) is 0.761. The maximum atomic E-state index is 10.5. The van der Waals surface area contributed by atoms with Crippen LogP contribution in [0.25, 0.3) is 0 Å². The zero-order valence-corrected chi connectivity index (χ0v) is 7.58. The summed E-state index contributed by atoms with van der Waals surface area (Å²) in [4.78, 5) is 14.4. The number of nitrogens with zero attached hydrogens (tertiary/aromatic N) is 1. The lowest BCUT2D eigenvalue weighted by Crippen LogP contribution is -2.06. The summed E-state index contributed by atoms with van der Waals surface area (Å²) >= 11 is 5.77. The molecule has 0 aromatic carbocycles. The molecule has 3 N–H and O–H groups in total. The molecule has 5 heteroatoms. The highest BCUT2D eigenvalue weighted by atomic mass is 35.5. The van der Waals surface area contributed by atoms with Gasteiger partial charge in [-0.05, 0) is 12.6 Å². The molecule has 70 valence electrons. The van der Waals surface area contributed by atoms with Gasteiger partial charge in [-0.15, -0.1) is 0 Å². The Hall–Kier alpha value is -1.13. The number of carboxylic acids is 1. The predicted molar refractivity (Wildman–Crippen MR) is 49.0 cm³/mol. The average Bonchev–Trinajstić information content (AvgIpc) is 2.08. The molecule has 0 spiro atoms. The summed E-state index contributed by atoms with van der Waals surface area (Å²) in [6, 6.07) is 1.38. The molecule has 1 aromatic rings. The number of carbonyl (C=O) groups is 1. The van der Waals surface area contributed by atoms with Crippen LogP contribution in [0.3, 0.4) is 0 Å². The standard InChI is InChI=1S/C8H9ClN2O2/c9-6-3-5(8(12)13)4-11-7(6)1-2-10/h3-4H,1-2,10H2,(H,12,13). The summed E-state index contributed by atoms with van der Waals surface area (Å²) in [5, 5.41) is 8.96. The minimum atomic E-state index is -1.03. The highest BCUT2D eigenvalue weighted by Gasteiger charge is 2.07. The van der Waals surface area contributed by atoms with Gasteiger partial charge in [0.15, 0.2) is 0 Å². The minimum Gasteiger partial charge on any atom is -0.478 e. The third kappa shape index (κ3) is 2.40. The predicted octanol–water partition coefficient (Wildman–Crippen LogP) is 0.934. The van der Waals surface area contributed by atoms with Crippen molar-refractivity contribution in [3.63, 3.8) is 0 Å². The molecule has 0 fully saturated rings. The second-order valence-corrected chi connectivity index (χ2v) is 2.90. The first kappa shape index (κ1) is 9.95. The summed E-state index contributed by atoms with van der Waals surface area (Å²) < 4.78 is 0. The largest absolute Gasteiger partial charge is 0.478 e. The highest BCUT2D eigenvalue weighted by molar-refractivity contribution is 6.31. The molecule has 0 amide bonds. The molecule has 0 atom stereocenters. The summed E-state index contributed by atoms with van der Waals surface area (Å²) in [5.74, 6) is -1.03. The molecule has 0 aliphatic rings. The van der Waals surface area contributed by atoms with Crippen molar-refractivity contribution in [3.8, 4) is 0 Å². The Morgan fingerprint density at radius 1 is 1.69 bits per heavy atom. The van der Waals surface area contributed by atoms with E-state index in [1.165, 1.54) is 12.3 Å². The maximum absolute atomic E-state index is 10.5. The Balaban J connectivity index is 2.98. The first-order valence-electron chi connectivity index (χ1n) is 3.73. The molecule has 0 saturated heterocycles. The molecule has 1 rings (SSSR count). The molecular weight excluding hydrogens is 192 g/mol. The van der Waals surface area contributed by atoms with E-state index in [-0.39, 0.29) is 5.56 Å². The Morgan fingerprint density at radius 3 is 2.85 bits per heavy atom. The number of pyridine rings is 1. The second-order valence-electron chi connectivity index (χ2n) is 2.50. The topological polar surface area (TPSA) is 76.2 Å². The van der Waals surface area contributed by atoms with E-state index >= 15 is 0 Å². The van der Waals surface area contributed by atoms with E-state index in [0.717, 1.165) is 0 Å². The van der Waals surface area contributed by atoms with E-state index in [9.17, 15) is 4.79 Å². The number of nitrogens with two attached hydrogens (primary N) is 1. The van der Waals surface area contributed by atoms with Crippen LogP contribution in [0.4, 0.5) is 0 Å². The van der Waals surface area contributed by atoms with Gasteiger partial charge in [0.25, 0.3) is 0 Å². The summed E-state index contributed by atoms with van der Waals surface area (Å²) in [5.41, 5.74) is 6.03. The van der Waals surface area contributed by atoms with Crippen LogP contribution >= 0.6 is 11.6 Å². The van der Waals surface area contributed by atoms with E-state index in [1.54, 1.807) is 0 Å². The van der Waals surface area contributed by atoms with Gasteiger partial charge in [0.2, 0.25) is 0 Å². The SMILES string of the molecule is NCCc1ncc(C(=O)O)cc1Cl. The van der Waals surface area contributed by atoms with Gasteiger partial charge in [0, 0.05) is 12.6 Å². The molecule has 13 heavy (non-hydrogen) atoms.